The molecule has 2 heterocycles. The number of hydrogen-bond acceptors (Lipinski definition) is 9. The lowest BCUT2D eigenvalue weighted by atomic mass is 10.1. The molecule has 14 heteroatoms. The maximum Gasteiger partial charge on any atom is 0.294 e. The van der Waals surface area contributed by atoms with Crippen LogP contribution in [0.3, 0.4) is 0 Å². The number of nitrogens with one attached hydrogen (secondary N) is 1. The highest BCUT2D eigenvalue weighted by Crippen LogP contribution is 2.29. The number of aromatic nitrogens is 3. The predicted octanol–water partition coefficient (Wildman–Crippen LogP) is 3.25. The highest BCUT2D eigenvalue weighted by molar-refractivity contribution is 7.91. The van der Waals surface area contributed by atoms with E-state index in [1.54, 1.807) is 40.0 Å². The van der Waals surface area contributed by atoms with Gasteiger partial charge in [-0.25, -0.2) is 18.1 Å². The van der Waals surface area contributed by atoms with Crippen molar-refractivity contribution < 1.29 is 18.3 Å². The molecule has 36 heavy (non-hydrogen) atoms. The normalized spacial score (nSPS) is 15.1. The molecular formula is C22H20Cl2N6O5S. The van der Waals surface area contributed by atoms with Gasteiger partial charge in [0.15, 0.2) is 15.7 Å². The van der Waals surface area contributed by atoms with E-state index in [0.717, 1.165) is 5.56 Å². The first kappa shape index (κ1) is 25.7. The first-order valence-electron chi connectivity index (χ1n) is 10.7. The van der Waals surface area contributed by atoms with Crippen LogP contribution in [0.2, 0.25) is 10.0 Å². The van der Waals surface area contributed by atoms with Gasteiger partial charge < -0.3 is 4.84 Å². The molecule has 0 bridgehead atoms. The zero-order chi connectivity index (χ0) is 25.7. The molecule has 3 aromatic rings. The molecule has 1 aromatic heterocycles. The fourth-order valence-electron chi connectivity index (χ4n) is 3.37. The number of halogens is 2. The fraction of sp³-hybridized carbons (Fsp3) is 0.273. The van der Waals surface area contributed by atoms with Crippen molar-refractivity contribution in [2.75, 3.05) is 36.6 Å². The zero-order valence-electron chi connectivity index (χ0n) is 18.7. The van der Waals surface area contributed by atoms with E-state index in [-0.39, 0.29) is 30.5 Å². The average Bonchev–Trinajstić information content (AvgIpc) is 3.24. The molecule has 1 aliphatic heterocycles. The molecular weight excluding hydrogens is 531 g/mol. The molecule has 4 rings (SSSR count). The number of benzene rings is 2. The van der Waals surface area contributed by atoms with Crippen LogP contribution < -0.4 is 5.43 Å². The van der Waals surface area contributed by atoms with Crippen LogP contribution in [0.15, 0.2) is 42.5 Å². The van der Waals surface area contributed by atoms with Gasteiger partial charge in [-0.2, -0.15) is 4.98 Å². The number of nitrogens with zero attached hydrogens (tertiary/aromatic N) is 5. The zero-order valence-corrected chi connectivity index (χ0v) is 21.1. The Morgan fingerprint density at radius 2 is 1.86 bits per heavy atom. The van der Waals surface area contributed by atoms with Crippen LogP contribution in [0.5, 0.6) is 0 Å². The number of rotatable bonds is 7. The Morgan fingerprint density at radius 3 is 2.53 bits per heavy atom. The molecule has 11 nitrogen and oxygen atoms in total. The second-order valence-electron chi connectivity index (χ2n) is 7.70. The second kappa shape index (κ2) is 11.1. The Bertz CT molecular complexity index is 1420. The van der Waals surface area contributed by atoms with Crippen molar-refractivity contribution in [3.05, 3.63) is 68.2 Å². The molecule has 0 atom stereocenters. The van der Waals surface area contributed by atoms with Crippen molar-refractivity contribution in [1.29, 1.82) is 0 Å². The summed E-state index contributed by atoms with van der Waals surface area (Å²) in [6, 6.07) is 12.3. The number of hydrogen-bond donors (Lipinski definition) is 1. The molecule has 2 aromatic carbocycles. The van der Waals surface area contributed by atoms with Crippen molar-refractivity contribution in [2.45, 2.75) is 6.42 Å². The Balaban J connectivity index is 1.60. The monoisotopic (exact) mass is 550 g/mol. The van der Waals surface area contributed by atoms with Crippen molar-refractivity contribution in [2.24, 2.45) is 0 Å². The lowest BCUT2D eigenvalue weighted by Crippen LogP contribution is -2.43. The summed E-state index contributed by atoms with van der Waals surface area (Å²) < 4.78 is 25.1. The van der Waals surface area contributed by atoms with E-state index >= 15 is 0 Å². The lowest BCUT2D eigenvalue weighted by Gasteiger charge is -2.26. The third-order valence-electron chi connectivity index (χ3n) is 5.15. The number of anilines is 1. The van der Waals surface area contributed by atoms with Gasteiger partial charge in [-0.15, -0.1) is 15.2 Å². The molecule has 0 amide bonds. The topological polar surface area (TPSA) is 132 Å². The van der Waals surface area contributed by atoms with Gasteiger partial charge in [0.1, 0.15) is 6.61 Å². The average molecular weight is 551 g/mol. The van der Waals surface area contributed by atoms with Crippen LogP contribution in [0.1, 0.15) is 12.0 Å². The Hall–Kier alpha value is -3.37. The minimum atomic E-state index is -3.03. The van der Waals surface area contributed by atoms with Gasteiger partial charge in [0.25, 0.3) is 11.0 Å². The van der Waals surface area contributed by atoms with E-state index in [9.17, 15) is 18.5 Å². The minimum Gasteiger partial charge on any atom is -0.313 e. The van der Waals surface area contributed by atoms with E-state index in [4.69, 9.17) is 23.2 Å². The second-order valence-corrected chi connectivity index (χ2v) is 10.9. The van der Waals surface area contributed by atoms with Crippen LogP contribution in [0, 0.1) is 22.0 Å². The van der Waals surface area contributed by atoms with Crippen molar-refractivity contribution in [3.63, 3.8) is 0 Å². The number of sulfone groups is 1. The summed E-state index contributed by atoms with van der Waals surface area (Å²) in [5.74, 6) is 6.63. The Morgan fingerprint density at radius 1 is 1.14 bits per heavy atom. The molecule has 1 saturated heterocycles. The van der Waals surface area contributed by atoms with Gasteiger partial charge in [-0.1, -0.05) is 35.0 Å². The standard InChI is InChI=1S/C22H20Cl2N6O5S/c23-18-8-9-20(19(24)15-18)29-21(25-22(27-29)26-28-10-13-36(33,34)14-11-28)17-6-4-16(5-7-17)3-1-2-12-35-30(31)32/h4-9,15H,2,10-14H2,(H,26,27). The van der Waals surface area contributed by atoms with E-state index in [2.05, 4.69) is 32.2 Å². The quantitative estimate of drug-likeness (QED) is 0.203. The van der Waals surface area contributed by atoms with Crippen LogP contribution in [-0.4, -0.2) is 64.5 Å². The molecule has 1 aliphatic rings. The summed E-state index contributed by atoms with van der Waals surface area (Å²) in [7, 11) is -3.03. The molecule has 1 N–H and O–H groups in total. The molecule has 188 valence electrons. The third kappa shape index (κ3) is 6.64. The van der Waals surface area contributed by atoms with Crippen LogP contribution in [0.4, 0.5) is 5.95 Å². The van der Waals surface area contributed by atoms with Gasteiger partial charge in [-0.3, -0.25) is 5.43 Å². The summed E-state index contributed by atoms with van der Waals surface area (Å²) >= 11 is 12.5. The summed E-state index contributed by atoms with van der Waals surface area (Å²) in [5, 5.41) is 16.5. The Kier molecular flexibility index (Phi) is 7.95. The van der Waals surface area contributed by atoms with Gasteiger partial charge in [0, 0.05) is 35.7 Å². The van der Waals surface area contributed by atoms with E-state index in [0.29, 0.717) is 40.2 Å². The van der Waals surface area contributed by atoms with Gasteiger partial charge in [0.05, 0.1) is 22.2 Å². The molecule has 0 radical (unpaired) electrons. The lowest BCUT2D eigenvalue weighted by molar-refractivity contribution is -0.757. The van der Waals surface area contributed by atoms with Crippen molar-refractivity contribution in [3.8, 4) is 28.9 Å². The highest BCUT2D eigenvalue weighted by atomic mass is 35.5. The predicted molar refractivity (Wildman–Crippen MR) is 135 cm³/mol. The van der Waals surface area contributed by atoms with Gasteiger partial charge >= 0.3 is 0 Å². The van der Waals surface area contributed by atoms with Crippen molar-refractivity contribution in [1.82, 2.24) is 19.8 Å². The Labute approximate surface area is 217 Å². The summed E-state index contributed by atoms with van der Waals surface area (Å²) in [6.45, 7) is 0.531. The van der Waals surface area contributed by atoms with Crippen LogP contribution in [0.25, 0.3) is 17.1 Å². The first-order chi connectivity index (χ1) is 17.2. The molecule has 0 spiro atoms. The third-order valence-corrected chi connectivity index (χ3v) is 7.29. The molecule has 0 aliphatic carbocycles. The highest BCUT2D eigenvalue weighted by Gasteiger charge is 2.23. The van der Waals surface area contributed by atoms with Gasteiger partial charge in [-0.05, 0) is 42.5 Å². The van der Waals surface area contributed by atoms with Crippen molar-refractivity contribution >= 4 is 39.0 Å². The number of hydrazine groups is 1. The van der Waals surface area contributed by atoms with Gasteiger partial charge in [0.2, 0.25) is 0 Å². The largest absolute Gasteiger partial charge is 0.313 e. The fourth-order valence-corrected chi connectivity index (χ4v) is 5.06. The summed E-state index contributed by atoms with van der Waals surface area (Å²) in [4.78, 5) is 19.1. The summed E-state index contributed by atoms with van der Waals surface area (Å²) in [5.41, 5.74) is 5.08. The van der Waals surface area contributed by atoms with Crippen LogP contribution in [-0.2, 0) is 14.7 Å². The molecule has 0 saturated carbocycles. The summed E-state index contributed by atoms with van der Waals surface area (Å²) in [6.07, 6.45) is 0.221. The van der Waals surface area contributed by atoms with E-state index in [1.807, 2.05) is 12.1 Å². The smallest absolute Gasteiger partial charge is 0.294 e. The first-order valence-corrected chi connectivity index (χ1v) is 13.3. The maximum absolute atomic E-state index is 11.7. The van der Waals surface area contributed by atoms with Crippen LogP contribution >= 0.6 is 23.2 Å². The molecule has 1 fully saturated rings. The van der Waals surface area contributed by atoms with E-state index in [1.165, 1.54) is 0 Å². The van der Waals surface area contributed by atoms with E-state index < -0.39 is 14.9 Å². The SMILES string of the molecule is O=[N+]([O-])OCCC#Cc1ccc(-c2nc(NN3CCS(=O)(=O)CC3)nn2-c2ccc(Cl)cc2Cl)cc1. The maximum atomic E-state index is 11.7. The molecule has 0 unspecified atom stereocenters. The minimum absolute atomic E-state index is 0.0528.